The lowest BCUT2D eigenvalue weighted by Gasteiger charge is -2.33. The number of amides is 2. The molecule has 3 heterocycles. The highest BCUT2D eigenvalue weighted by Crippen LogP contribution is 2.34. The van der Waals surface area contributed by atoms with Crippen molar-refractivity contribution in [2.75, 3.05) is 13.1 Å². The molecule has 2 amide bonds. The highest BCUT2D eigenvalue weighted by atomic mass is 32.2. The van der Waals surface area contributed by atoms with Crippen molar-refractivity contribution in [1.29, 1.82) is 5.26 Å². The summed E-state index contributed by atoms with van der Waals surface area (Å²) in [7, 11) is 0. The predicted molar refractivity (Wildman–Crippen MR) is 142 cm³/mol. The van der Waals surface area contributed by atoms with E-state index in [4.69, 9.17) is 9.47 Å². The van der Waals surface area contributed by atoms with Crippen LogP contribution in [0, 0.1) is 11.3 Å². The predicted octanol–water partition coefficient (Wildman–Crippen LogP) is 4.61. The summed E-state index contributed by atoms with van der Waals surface area (Å²) in [5, 5.41) is 13.9. The van der Waals surface area contributed by atoms with Crippen molar-refractivity contribution in [3.8, 4) is 11.8 Å². The molecule has 3 aliphatic rings. The van der Waals surface area contributed by atoms with Crippen molar-refractivity contribution in [3.05, 3.63) is 40.4 Å². The fourth-order valence-corrected chi connectivity index (χ4v) is 5.03. The van der Waals surface area contributed by atoms with E-state index in [2.05, 4.69) is 21.4 Å². The Balaban J connectivity index is 1.35. The molecule has 0 spiro atoms. The molecular formula is C27H29N5O4S. The SMILES string of the molecule is CC(C)(C)OC(=O)N1CCC(Oc2c(C#N)cnc3ccc(/C=C4\SC(=NC5CC5)NC4=O)cc23)CC1. The zero-order valence-electron chi connectivity index (χ0n) is 21.1. The summed E-state index contributed by atoms with van der Waals surface area (Å²) < 4.78 is 11.8. The summed E-state index contributed by atoms with van der Waals surface area (Å²) in [4.78, 5) is 36.0. The average Bonchev–Trinajstić information content (AvgIpc) is 3.60. The molecule has 5 rings (SSSR count). The lowest BCUT2D eigenvalue weighted by molar-refractivity contribution is -0.115. The number of nitrogens with zero attached hydrogens (tertiary/aromatic N) is 4. The smallest absolute Gasteiger partial charge is 0.410 e. The highest BCUT2D eigenvalue weighted by molar-refractivity contribution is 8.18. The van der Waals surface area contributed by atoms with Crippen molar-refractivity contribution in [3.63, 3.8) is 0 Å². The van der Waals surface area contributed by atoms with Gasteiger partial charge >= 0.3 is 6.09 Å². The zero-order chi connectivity index (χ0) is 26.2. The summed E-state index contributed by atoms with van der Waals surface area (Å²) in [6.45, 7) is 6.57. The van der Waals surface area contributed by atoms with Gasteiger partial charge in [0.25, 0.3) is 5.91 Å². The second-order valence-electron chi connectivity index (χ2n) is 10.4. The Morgan fingerprint density at radius 1 is 1.27 bits per heavy atom. The molecule has 0 radical (unpaired) electrons. The molecule has 2 aromatic rings. The maximum atomic E-state index is 12.4. The number of ether oxygens (including phenoxy) is 2. The Hall–Kier alpha value is -3.58. The van der Waals surface area contributed by atoms with Crippen molar-refractivity contribution < 1.29 is 19.1 Å². The van der Waals surface area contributed by atoms with Gasteiger partial charge in [0, 0.05) is 37.5 Å². The first kappa shape index (κ1) is 25.1. The molecule has 0 unspecified atom stereocenters. The van der Waals surface area contributed by atoms with Gasteiger partial charge in [0.1, 0.15) is 29.1 Å². The van der Waals surface area contributed by atoms with E-state index in [-0.39, 0.29) is 18.1 Å². The molecular weight excluding hydrogens is 490 g/mol. The fraction of sp³-hybridized carbons (Fsp3) is 0.444. The van der Waals surface area contributed by atoms with Gasteiger partial charge < -0.3 is 19.7 Å². The maximum Gasteiger partial charge on any atom is 0.410 e. The zero-order valence-corrected chi connectivity index (χ0v) is 21.9. The Morgan fingerprint density at radius 2 is 2.03 bits per heavy atom. The van der Waals surface area contributed by atoms with Crippen LogP contribution in [0.2, 0.25) is 0 Å². The van der Waals surface area contributed by atoms with E-state index in [1.165, 1.54) is 18.0 Å². The molecule has 3 fully saturated rings. The molecule has 2 saturated heterocycles. The van der Waals surface area contributed by atoms with Crippen LogP contribution in [0.1, 0.15) is 57.6 Å². The highest BCUT2D eigenvalue weighted by Gasteiger charge is 2.30. The number of pyridine rings is 1. The summed E-state index contributed by atoms with van der Waals surface area (Å²) in [5.41, 5.74) is 1.30. The minimum absolute atomic E-state index is 0.157. The summed E-state index contributed by atoms with van der Waals surface area (Å²) in [5.74, 6) is 0.310. The van der Waals surface area contributed by atoms with Crippen molar-refractivity contribution in [2.45, 2.75) is 64.2 Å². The fourth-order valence-electron chi connectivity index (χ4n) is 4.14. The number of amidine groups is 1. The molecule has 1 aliphatic carbocycles. The van der Waals surface area contributed by atoms with Crippen LogP contribution in [-0.2, 0) is 9.53 Å². The summed E-state index contributed by atoms with van der Waals surface area (Å²) in [6.07, 6.45) is 6.24. The number of benzene rings is 1. The number of carbonyl (C=O) groups excluding carboxylic acids is 2. The molecule has 1 aromatic heterocycles. The second-order valence-corrected chi connectivity index (χ2v) is 11.4. The van der Waals surface area contributed by atoms with Gasteiger partial charge in [-0.05, 0) is 69.1 Å². The van der Waals surface area contributed by atoms with Crippen LogP contribution in [0.4, 0.5) is 4.79 Å². The molecule has 9 nitrogen and oxygen atoms in total. The minimum Gasteiger partial charge on any atom is -0.488 e. The molecule has 0 bridgehead atoms. The number of likely N-dealkylation sites (tertiary alicyclic amines) is 1. The molecule has 2 aliphatic heterocycles. The summed E-state index contributed by atoms with van der Waals surface area (Å²) >= 11 is 1.34. The van der Waals surface area contributed by atoms with Gasteiger partial charge in [-0.15, -0.1) is 0 Å². The van der Waals surface area contributed by atoms with Crippen LogP contribution >= 0.6 is 11.8 Å². The van der Waals surface area contributed by atoms with Crippen molar-refractivity contribution >= 4 is 45.9 Å². The third-order valence-electron chi connectivity index (χ3n) is 6.14. The number of thioether (sulfide) groups is 1. The second kappa shape index (κ2) is 10.1. The number of fused-ring (bicyclic) bond motifs is 1. The van der Waals surface area contributed by atoms with Crippen LogP contribution in [0.15, 0.2) is 34.3 Å². The third kappa shape index (κ3) is 6.05. The van der Waals surface area contributed by atoms with E-state index in [0.717, 1.165) is 18.4 Å². The van der Waals surface area contributed by atoms with Crippen molar-refractivity contribution in [2.24, 2.45) is 4.99 Å². The topological polar surface area (TPSA) is 117 Å². The first-order valence-corrected chi connectivity index (χ1v) is 13.3. The number of hydrogen-bond donors (Lipinski definition) is 1. The molecule has 0 atom stereocenters. The van der Waals surface area contributed by atoms with E-state index in [9.17, 15) is 14.9 Å². The number of hydrogen-bond acceptors (Lipinski definition) is 8. The van der Waals surface area contributed by atoms with Crippen LogP contribution < -0.4 is 10.1 Å². The van der Waals surface area contributed by atoms with E-state index >= 15 is 0 Å². The Bertz CT molecular complexity index is 1350. The third-order valence-corrected chi connectivity index (χ3v) is 7.06. The normalized spacial score (nSPS) is 20.8. The number of rotatable bonds is 4. The number of carbonyl (C=O) groups is 2. The number of aliphatic imine (C=N–C) groups is 1. The quantitative estimate of drug-likeness (QED) is 0.587. The average molecular weight is 520 g/mol. The molecule has 192 valence electrons. The van der Waals surface area contributed by atoms with E-state index in [0.29, 0.717) is 64.3 Å². The molecule has 1 N–H and O–H groups in total. The lowest BCUT2D eigenvalue weighted by atomic mass is 10.1. The number of nitrogens with one attached hydrogen (secondary N) is 1. The minimum atomic E-state index is -0.543. The van der Waals surface area contributed by atoms with Crippen LogP contribution in [0.3, 0.4) is 0 Å². The van der Waals surface area contributed by atoms with E-state index < -0.39 is 5.60 Å². The maximum absolute atomic E-state index is 12.4. The molecule has 37 heavy (non-hydrogen) atoms. The Morgan fingerprint density at radius 3 is 2.70 bits per heavy atom. The van der Waals surface area contributed by atoms with Crippen LogP contribution in [0.5, 0.6) is 5.75 Å². The molecule has 1 aromatic carbocycles. The van der Waals surface area contributed by atoms with Gasteiger partial charge in [-0.1, -0.05) is 6.07 Å². The van der Waals surface area contributed by atoms with E-state index in [1.807, 2.05) is 45.0 Å². The van der Waals surface area contributed by atoms with Gasteiger partial charge in [-0.3, -0.25) is 14.8 Å². The van der Waals surface area contributed by atoms with Crippen LogP contribution in [0.25, 0.3) is 17.0 Å². The molecule has 1 saturated carbocycles. The number of aromatic nitrogens is 1. The van der Waals surface area contributed by atoms with Gasteiger partial charge in [0.05, 0.1) is 16.5 Å². The first-order valence-electron chi connectivity index (χ1n) is 12.4. The van der Waals surface area contributed by atoms with Crippen LogP contribution in [-0.4, -0.2) is 57.9 Å². The largest absolute Gasteiger partial charge is 0.488 e. The monoisotopic (exact) mass is 519 g/mol. The standard InChI is InChI=1S/C27H29N5O4S/c1-27(2,3)36-26(34)32-10-8-19(9-11-32)35-23-17(14-28)15-29-21-7-4-16(12-20(21)23)13-22-24(33)31-25(37-22)30-18-5-6-18/h4,7,12-13,15,18-19H,5-6,8-11H2,1-3H3,(H,30,31,33)/b22-13-. The number of nitriles is 1. The van der Waals surface area contributed by atoms with Gasteiger partial charge in [-0.2, -0.15) is 5.26 Å². The molecule has 10 heteroatoms. The lowest BCUT2D eigenvalue weighted by Crippen LogP contribution is -2.44. The van der Waals surface area contributed by atoms with Gasteiger partial charge in [0.15, 0.2) is 5.17 Å². The van der Waals surface area contributed by atoms with E-state index in [1.54, 1.807) is 4.90 Å². The number of piperidine rings is 1. The summed E-state index contributed by atoms with van der Waals surface area (Å²) in [6, 6.07) is 8.16. The van der Waals surface area contributed by atoms with Gasteiger partial charge in [0.2, 0.25) is 0 Å². The van der Waals surface area contributed by atoms with Crippen molar-refractivity contribution in [1.82, 2.24) is 15.2 Å². The first-order chi connectivity index (χ1) is 17.7. The van der Waals surface area contributed by atoms with Gasteiger partial charge in [-0.25, -0.2) is 4.79 Å². The Kier molecular flexibility index (Phi) is 6.82. The Labute approximate surface area is 219 Å².